The van der Waals surface area contributed by atoms with Crippen LogP contribution in [-0.2, 0) is 0 Å². The molecule has 1 rings (SSSR count). The van der Waals surface area contributed by atoms with Crippen LogP contribution in [0.2, 0.25) is 0 Å². The molecule has 1 atom stereocenters. The zero-order chi connectivity index (χ0) is 5.28. The highest BCUT2D eigenvalue weighted by atomic mass is 127. The molecule has 1 heterocycles. The number of hydrogen-bond acceptors (Lipinski definition) is 1. The Labute approximate surface area is 70.8 Å². The number of alkyl halides is 1. The van der Waals surface area contributed by atoms with Crippen molar-refractivity contribution < 1.29 is 0 Å². The van der Waals surface area contributed by atoms with Gasteiger partial charge in [0.2, 0.25) is 0 Å². The molecule has 0 aromatic rings. The standard InChI is InChI=1S/C4H5I2N/c5-4-2-1-3-7(4)6/h1-2,4H,3H2/t4-/m0/s1. The molecule has 0 aromatic heterocycles. The molecule has 40 valence electrons. The lowest BCUT2D eigenvalue weighted by Gasteiger charge is -2.07. The number of nitrogens with zero attached hydrogens (tertiary/aromatic N) is 1. The maximum Gasteiger partial charge on any atom is 0.0895 e. The lowest BCUT2D eigenvalue weighted by molar-refractivity contribution is 0.642. The van der Waals surface area contributed by atoms with Crippen molar-refractivity contribution in [2.24, 2.45) is 0 Å². The van der Waals surface area contributed by atoms with E-state index in [9.17, 15) is 0 Å². The highest BCUT2D eigenvalue weighted by Gasteiger charge is 2.11. The van der Waals surface area contributed by atoms with Crippen molar-refractivity contribution in [2.45, 2.75) is 4.05 Å². The molecule has 0 saturated carbocycles. The predicted molar refractivity (Wildman–Crippen MR) is 47.7 cm³/mol. The van der Waals surface area contributed by atoms with Crippen LogP contribution >= 0.6 is 45.5 Å². The van der Waals surface area contributed by atoms with Gasteiger partial charge in [0.05, 0.1) is 4.05 Å². The summed E-state index contributed by atoms with van der Waals surface area (Å²) in [5.74, 6) is 0. The van der Waals surface area contributed by atoms with Crippen molar-refractivity contribution in [3.8, 4) is 0 Å². The Hall–Kier alpha value is 1.16. The first-order valence-electron chi connectivity index (χ1n) is 2.04. The summed E-state index contributed by atoms with van der Waals surface area (Å²) in [4.78, 5) is 0. The van der Waals surface area contributed by atoms with Crippen LogP contribution in [0.15, 0.2) is 12.2 Å². The molecule has 0 amide bonds. The smallest absolute Gasteiger partial charge is 0.0895 e. The van der Waals surface area contributed by atoms with E-state index in [1.807, 2.05) is 0 Å². The van der Waals surface area contributed by atoms with E-state index in [1.165, 1.54) is 0 Å². The van der Waals surface area contributed by atoms with Gasteiger partial charge in [0.25, 0.3) is 0 Å². The monoisotopic (exact) mass is 321 g/mol. The topological polar surface area (TPSA) is 3.24 Å². The van der Waals surface area contributed by atoms with Gasteiger partial charge in [-0.25, -0.2) is 3.11 Å². The highest BCUT2D eigenvalue weighted by Crippen LogP contribution is 2.19. The van der Waals surface area contributed by atoms with Gasteiger partial charge in [-0.1, -0.05) is 34.7 Å². The molecule has 0 spiro atoms. The molecule has 3 heteroatoms. The molecule has 0 aromatic carbocycles. The van der Waals surface area contributed by atoms with Crippen molar-refractivity contribution in [2.75, 3.05) is 6.54 Å². The van der Waals surface area contributed by atoms with E-state index < -0.39 is 0 Å². The average molecular weight is 321 g/mol. The molecule has 7 heavy (non-hydrogen) atoms. The molecular weight excluding hydrogens is 316 g/mol. The molecule has 0 saturated heterocycles. The Balaban J connectivity index is 2.45. The molecule has 0 bridgehead atoms. The van der Waals surface area contributed by atoms with Crippen LogP contribution in [0.5, 0.6) is 0 Å². The molecule has 0 N–H and O–H groups in total. The zero-order valence-corrected chi connectivity index (χ0v) is 7.96. The second kappa shape index (κ2) is 2.63. The highest BCUT2D eigenvalue weighted by molar-refractivity contribution is 14.1. The van der Waals surface area contributed by atoms with Gasteiger partial charge in [-0.05, 0) is 0 Å². The van der Waals surface area contributed by atoms with Crippen molar-refractivity contribution >= 4 is 45.5 Å². The summed E-state index contributed by atoms with van der Waals surface area (Å²) in [5, 5.41) is 0. The Kier molecular flexibility index (Phi) is 2.36. The summed E-state index contributed by atoms with van der Waals surface area (Å²) in [6.07, 6.45) is 4.39. The Morgan fingerprint density at radius 3 is 2.57 bits per heavy atom. The van der Waals surface area contributed by atoms with E-state index in [-0.39, 0.29) is 0 Å². The van der Waals surface area contributed by atoms with Gasteiger partial charge in [0.15, 0.2) is 0 Å². The molecule has 1 nitrogen and oxygen atoms in total. The molecule has 1 aliphatic heterocycles. The lowest BCUT2D eigenvalue weighted by Crippen LogP contribution is -2.11. The second-order valence-electron chi connectivity index (χ2n) is 1.38. The first-order valence-corrected chi connectivity index (χ1v) is 4.25. The van der Waals surface area contributed by atoms with Gasteiger partial charge >= 0.3 is 0 Å². The minimum atomic E-state index is 0.623. The summed E-state index contributed by atoms with van der Waals surface area (Å²) in [5.41, 5.74) is 0. The summed E-state index contributed by atoms with van der Waals surface area (Å²) in [6.45, 7) is 1.11. The van der Waals surface area contributed by atoms with Crippen LogP contribution in [-0.4, -0.2) is 13.7 Å². The zero-order valence-electron chi connectivity index (χ0n) is 3.64. The minimum absolute atomic E-state index is 0.623. The molecule has 0 radical (unpaired) electrons. The van der Waals surface area contributed by atoms with Gasteiger partial charge in [-0.3, -0.25) is 0 Å². The first kappa shape index (κ1) is 6.28. The van der Waals surface area contributed by atoms with E-state index in [2.05, 4.69) is 60.7 Å². The Morgan fingerprint density at radius 1 is 1.71 bits per heavy atom. The molecule has 0 fully saturated rings. The van der Waals surface area contributed by atoms with E-state index >= 15 is 0 Å². The number of hydrogen-bond donors (Lipinski definition) is 0. The van der Waals surface area contributed by atoms with Gasteiger partial charge in [-0.2, -0.15) is 0 Å². The van der Waals surface area contributed by atoms with Crippen LogP contribution in [0.3, 0.4) is 0 Å². The molecule has 0 aliphatic carbocycles. The summed E-state index contributed by atoms with van der Waals surface area (Å²) >= 11 is 4.71. The summed E-state index contributed by atoms with van der Waals surface area (Å²) in [7, 11) is 0. The average Bonchev–Trinajstić information content (AvgIpc) is 1.91. The third-order valence-corrected chi connectivity index (χ3v) is 3.99. The fourth-order valence-electron chi connectivity index (χ4n) is 0.468. The fourth-order valence-corrected chi connectivity index (χ4v) is 1.40. The molecular formula is C4H5I2N. The SMILES string of the molecule is I[C@@H]1C=CCN1I. The number of halogens is 2. The van der Waals surface area contributed by atoms with Crippen molar-refractivity contribution in [1.29, 1.82) is 0 Å². The Bertz CT molecular complexity index is 91.7. The molecule has 1 aliphatic rings. The third kappa shape index (κ3) is 1.53. The van der Waals surface area contributed by atoms with Crippen LogP contribution in [0.1, 0.15) is 0 Å². The van der Waals surface area contributed by atoms with Gasteiger partial charge < -0.3 is 0 Å². The lowest BCUT2D eigenvalue weighted by atomic mass is 10.6. The van der Waals surface area contributed by atoms with E-state index in [0.29, 0.717) is 4.05 Å². The van der Waals surface area contributed by atoms with E-state index in [1.54, 1.807) is 0 Å². The van der Waals surface area contributed by atoms with Crippen molar-refractivity contribution in [3.05, 3.63) is 12.2 Å². The fraction of sp³-hybridized carbons (Fsp3) is 0.500. The third-order valence-electron chi connectivity index (χ3n) is 0.842. The Morgan fingerprint density at radius 2 is 2.43 bits per heavy atom. The van der Waals surface area contributed by atoms with Gasteiger partial charge in [0.1, 0.15) is 0 Å². The molecule has 0 unspecified atom stereocenters. The van der Waals surface area contributed by atoms with Crippen LogP contribution < -0.4 is 0 Å². The maximum absolute atomic E-state index is 2.39. The van der Waals surface area contributed by atoms with Crippen LogP contribution in [0.25, 0.3) is 0 Å². The van der Waals surface area contributed by atoms with Gasteiger partial charge in [-0.15, -0.1) is 0 Å². The second-order valence-corrected chi connectivity index (χ2v) is 3.90. The van der Waals surface area contributed by atoms with Crippen molar-refractivity contribution in [3.63, 3.8) is 0 Å². The van der Waals surface area contributed by atoms with Crippen molar-refractivity contribution in [1.82, 2.24) is 3.11 Å². The summed E-state index contributed by atoms with van der Waals surface area (Å²) in [6, 6.07) is 0. The van der Waals surface area contributed by atoms with E-state index in [4.69, 9.17) is 0 Å². The number of rotatable bonds is 0. The predicted octanol–water partition coefficient (Wildman–Crippen LogP) is 1.97. The van der Waals surface area contributed by atoms with Crippen LogP contribution in [0, 0.1) is 0 Å². The normalized spacial score (nSPS) is 32.0. The largest absolute Gasteiger partial charge is 0.227 e. The summed E-state index contributed by atoms with van der Waals surface area (Å²) < 4.78 is 2.87. The minimum Gasteiger partial charge on any atom is -0.227 e. The van der Waals surface area contributed by atoms with E-state index in [0.717, 1.165) is 6.54 Å². The quantitative estimate of drug-likeness (QED) is 0.217. The first-order chi connectivity index (χ1) is 3.30. The maximum atomic E-state index is 2.39. The van der Waals surface area contributed by atoms with Gasteiger partial charge in [0, 0.05) is 29.4 Å². The van der Waals surface area contributed by atoms with Crippen LogP contribution in [0.4, 0.5) is 0 Å².